The Labute approximate surface area is 108 Å². The van der Waals surface area contributed by atoms with Gasteiger partial charge in [0.25, 0.3) is 5.91 Å². The van der Waals surface area contributed by atoms with E-state index in [0.717, 1.165) is 26.1 Å². The molecule has 1 aromatic rings. The van der Waals surface area contributed by atoms with Crippen LogP contribution in [0, 0.1) is 0 Å². The topological polar surface area (TPSA) is 41.6 Å². The van der Waals surface area contributed by atoms with E-state index in [0.29, 0.717) is 11.3 Å². The van der Waals surface area contributed by atoms with E-state index in [1.165, 1.54) is 0 Å². The van der Waals surface area contributed by atoms with Gasteiger partial charge in [-0.1, -0.05) is 12.1 Å². The summed E-state index contributed by atoms with van der Waals surface area (Å²) in [6.07, 6.45) is 0.987. The van der Waals surface area contributed by atoms with Gasteiger partial charge in [0.05, 0.1) is 12.7 Å². The van der Waals surface area contributed by atoms with Crippen molar-refractivity contribution in [1.29, 1.82) is 0 Å². The summed E-state index contributed by atoms with van der Waals surface area (Å²) >= 11 is 0. The van der Waals surface area contributed by atoms with Gasteiger partial charge in [-0.25, -0.2) is 0 Å². The number of benzene rings is 1. The zero-order valence-corrected chi connectivity index (χ0v) is 11.0. The fourth-order valence-electron chi connectivity index (χ4n) is 2.29. The molecule has 1 N–H and O–H groups in total. The molecule has 4 nitrogen and oxygen atoms in total. The molecule has 0 aliphatic carbocycles. The molecule has 98 valence electrons. The van der Waals surface area contributed by atoms with Crippen LogP contribution in [-0.2, 0) is 0 Å². The summed E-state index contributed by atoms with van der Waals surface area (Å²) in [7, 11) is 1.60. The molecule has 1 amide bonds. The molecule has 1 unspecified atom stereocenters. The first-order valence-electron chi connectivity index (χ1n) is 6.38. The molecule has 1 aliphatic rings. The lowest BCUT2D eigenvalue weighted by atomic mass is 10.1. The van der Waals surface area contributed by atoms with Gasteiger partial charge in [-0.2, -0.15) is 0 Å². The standard InChI is InChI=1S/C14H20N2O2/c1-11-7-8-15-9-10-16(11)14(17)12-5-3-4-6-13(12)18-2/h3-6,11,15H,7-10H2,1-2H3. The molecule has 2 rings (SSSR count). The van der Waals surface area contributed by atoms with Crippen LogP contribution in [0.4, 0.5) is 0 Å². The third-order valence-electron chi connectivity index (χ3n) is 3.40. The number of hydrogen-bond donors (Lipinski definition) is 1. The zero-order valence-electron chi connectivity index (χ0n) is 11.0. The van der Waals surface area contributed by atoms with Crippen molar-refractivity contribution in [2.45, 2.75) is 19.4 Å². The molecule has 1 aromatic carbocycles. The molecule has 1 atom stereocenters. The second-order valence-electron chi connectivity index (χ2n) is 4.59. The number of para-hydroxylation sites is 1. The molecule has 0 saturated carbocycles. The Morgan fingerprint density at radius 1 is 1.39 bits per heavy atom. The maximum Gasteiger partial charge on any atom is 0.257 e. The van der Waals surface area contributed by atoms with Gasteiger partial charge in [-0.3, -0.25) is 4.79 Å². The molecular formula is C14H20N2O2. The molecule has 1 aliphatic heterocycles. The van der Waals surface area contributed by atoms with Gasteiger partial charge in [-0.05, 0) is 32.0 Å². The van der Waals surface area contributed by atoms with Gasteiger partial charge >= 0.3 is 0 Å². The molecule has 1 heterocycles. The predicted octanol–water partition coefficient (Wildman–Crippen LogP) is 1.52. The van der Waals surface area contributed by atoms with Crippen molar-refractivity contribution in [1.82, 2.24) is 10.2 Å². The molecule has 0 spiro atoms. The van der Waals surface area contributed by atoms with Crippen molar-refractivity contribution in [2.24, 2.45) is 0 Å². The highest BCUT2D eigenvalue weighted by Gasteiger charge is 2.24. The number of carbonyl (C=O) groups is 1. The lowest BCUT2D eigenvalue weighted by Crippen LogP contribution is -2.39. The quantitative estimate of drug-likeness (QED) is 0.862. The van der Waals surface area contributed by atoms with Crippen molar-refractivity contribution < 1.29 is 9.53 Å². The Morgan fingerprint density at radius 2 is 2.17 bits per heavy atom. The molecule has 18 heavy (non-hydrogen) atoms. The first kappa shape index (κ1) is 12.9. The average molecular weight is 248 g/mol. The van der Waals surface area contributed by atoms with Crippen LogP contribution < -0.4 is 10.1 Å². The summed E-state index contributed by atoms with van der Waals surface area (Å²) in [6, 6.07) is 7.66. The van der Waals surface area contributed by atoms with E-state index in [-0.39, 0.29) is 11.9 Å². The minimum Gasteiger partial charge on any atom is -0.496 e. The Morgan fingerprint density at radius 3 is 2.94 bits per heavy atom. The number of hydrogen-bond acceptors (Lipinski definition) is 3. The summed E-state index contributed by atoms with van der Waals surface area (Å²) in [6.45, 7) is 4.67. The number of methoxy groups -OCH3 is 1. The van der Waals surface area contributed by atoms with Crippen molar-refractivity contribution >= 4 is 5.91 Å². The van der Waals surface area contributed by atoms with E-state index in [1.807, 2.05) is 29.2 Å². The number of amides is 1. The van der Waals surface area contributed by atoms with Gasteiger partial charge in [-0.15, -0.1) is 0 Å². The number of nitrogens with zero attached hydrogens (tertiary/aromatic N) is 1. The average Bonchev–Trinajstić information content (AvgIpc) is 2.62. The van der Waals surface area contributed by atoms with E-state index in [9.17, 15) is 4.79 Å². The Kier molecular flexibility index (Phi) is 4.20. The molecular weight excluding hydrogens is 228 g/mol. The van der Waals surface area contributed by atoms with E-state index < -0.39 is 0 Å². The van der Waals surface area contributed by atoms with Crippen LogP contribution in [0.3, 0.4) is 0 Å². The third-order valence-corrected chi connectivity index (χ3v) is 3.40. The summed E-state index contributed by atoms with van der Waals surface area (Å²) in [5.74, 6) is 0.704. The molecule has 0 radical (unpaired) electrons. The van der Waals surface area contributed by atoms with Crippen molar-refractivity contribution in [3.05, 3.63) is 29.8 Å². The Balaban J connectivity index is 2.23. The highest BCUT2D eigenvalue weighted by atomic mass is 16.5. The van der Waals surface area contributed by atoms with Crippen LogP contribution >= 0.6 is 0 Å². The van der Waals surface area contributed by atoms with Crippen LogP contribution in [0.2, 0.25) is 0 Å². The van der Waals surface area contributed by atoms with Crippen molar-refractivity contribution in [2.75, 3.05) is 26.7 Å². The van der Waals surface area contributed by atoms with Crippen LogP contribution in [0.15, 0.2) is 24.3 Å². The Hall–Kier alpha value is -1.55. The summed E-state index contributed by atoms with van der Waals surface area (Å²) < 4.78 is 5.26. The number of rotatable bonds is 2. The first-order chi connectivity index (χ1) is 8.74. The lowest BCUT2D eigenvalue weighted by molar-refractivity contribution is 0.0701. The van der Waals surface area contributed by atoms with Crippen molar-refractivity contribution in [3.63, 3.8) is 0 Å². The lowest BCUT2D eigenvalue weighted by Gasteiger charge is -2.27. The SMILES string of the molecule is COc1ccccc1C(=O)N1CCNCCC1C. The Bertz CT molecular complexity index is 420. The maximum absolute atomic E-state index is 12.6. The smallest absolute Gasteiger partial charge is 0.257 e. The highest BCUT2D eigenvalue weighted by Crippen LogP contribution is 2.21. The van der Waals surface area contributed by atoms with Gasteiger partial charge in [0.15, 0.2) is 0 Å². The molecule has 1 fully saturated rings. The zero-order chi connectivity index (χ0) is 13.0. The van der Waals surface area contributed by atoms with Crippen LogP contribution in [0.25, 0.3) is 0 Å². The van der Waals surface area contributed by atoms with E-state index in [1.54, 1.807) is 7.11 Å². The van der Waals surface area contributed by atoms with Gasteiger partial charge < -0.3 is 15.0 Å². The molecule has 0 aromatic heterocycles. The monoisotopic (exact) mass is 248 g/mol. The highest BCUT2D eigenvalue weighted by molar-refractivity contribution is 5.97. The van der Waals surface area contributed by atoms with Crippen LogP contribution in [0.1, 0.15) is 23.7 Å². The van der Waals surface area contributed by atoms with Crippen LogP contribution in [0.5, 0.6) is 5.75 Å². The van der Waals surface area contributed by atoms with Crippen LogP contribution in [-0.4, -0.2) is 43.6 Å². The fourth-order valence-corrected chi connectivity index (χ4v) is 2.29. The van der Waals surface area contributed by atoms with Crippen molar-refractivity contribution in [3.8, 4) is 5.75 Å². The molecule has 0 bridgehead atoms. The predicted molar refractivity (Wildman–Crippen MR) is 71.0 cm³/mol. The summed E-state index contributed by atoms with van der Waals surface area (Å²) in [4.78, 5) is 14.5. The van der Waals surface area contributed by atoms with Gasteiger partial charge in [0, 0.05) is 19.1 Å². The van der Waals surface area contributed by atoms with Gasteiger partial charge in [0.2, 0.25) is 0 Å². The second kappa shape index (κ2) is 5.87. The van der Waals surface area contributed by atoms with E-state index >= 15 is 0 Å². The second-order valence-corrected chi connectivity index (χ2v) is 4.59. The van der Waals surface area contributed by atoms with Gasteiger partial charge in [0.1, 0.15) is 5.75 Å². The largest absolute Gasteiger partial charge is 0.496 e. The van der Waals surface area contributed by atoms with E-state index in [2.05, 4.69) is 12.2 Å². The first-order valence-corrected chi connectivity index (χ1v) is 6.38. The fraction of sp³-hybridized carbons (Fsp3) is 0.500. The molecule has 1 saturated heterocycles. The minimum absolute atomic E-state index is 0.0589. The third kappa shape index (κ3) is 2.64. The number of ether oxygens (including phenoxy) is 1. The minimum atomic E-state index is 0.0589. The number of carbonyl (C=O) groups excluding carboxylic acids is 1. The summed E-state index contributed by atoms with van der Waals surface area (Å²) in [5.41, 5.74) is 0.647. The number of nitrogens with one attached hydrogen (secondary N) is 1. The summed E-state index contributed by atoms with van der Waals surface area (Å²) in [5, 5.41) is 3.32. The molecule has 4 heteroatoms. The van der Waals surface area contributed by atoms with E-state index in [4.69, 9.17) is 4.74 Å². The maximum atomic E-state index is 12.6. The normalized spacial score (nSPS) is 20.3.